The van der Waals surface area contributed by atoms with Crippen LogP contribution in [0.3, 0.4) is 0 Å². The SMILES string of the molecule is C=C(C)c1nc(Nc2ccccc2)nc(N2CCCC2)n1. The predicted molar refractivity (Wildman–Crippen MR) is 85.7 cm³/mol. The van der Waals surface area contributed by atoms with Crippen LogP contribution in [0.1, 0.15) is 25.6 Å². The van der Waals surface area contributed by atoms with Crippen LogP contribution >= 0.6 is 0 Å². The highest BCUT2D eigenvalue weighted by Crippen LogP contribution is 2.21. The molecule has 0 unspecified atom stereocenters. The first-order valence-electron chi connectivity index (χ1n) is 7.21. The molecule has 0 atom stereocenters. The third-order valence-corrected chi connectivity index (χ3v) is 3.42. The molecule has 1 aliphatic rings. The minimum atomic E-state index is 0.566. The second-order valence-corrected chi connectivity index (χ2v) is 5.25. The topological polar surface area (TPSA) is 53.9 Å². The molecular formula is C16H19N5. The normalized spacial score (nSPS) is 14.2. The molecule has 2 aromatic rings. The number of hydrogen-bond acceptors (Lipinski definition) is 5. The van der Waals surface area contributed by atoms with E-state index in [1.165, 1.54) is 12.8 Å². The maximum atomic E-state index is 4.54. The maximum absolute atomic E-state index is 4.54. The van der Waals surface area contributed by atoms with Crippen molar-refractivity contribution in [3.05, 3.63) is 42.7 Å². The highest BCUT2D eigenvalue weighted by atomic mass is 15.3. The molecule has 108 valence electrons. The number of para-hydroxylation sites is 1. The van der Waals surface area contributed by atoms with Gasteiger partial charge in [-0.2, -0.15) is 15.0 Å². The van der Waals surface area contributed by atoms with E-state index < -0.39 is 0 Å². The van der Waals surface area contributed by atoms with Crippen molar-refractivity contribution in [2.24, 2.45) is 0 Å². The van der Waals surface area contributed by atoms with Crippen LogP contribution in [0, 0.1) is 0 Å². The molecule has 0 spiro atoms. The van der Waals surface area contributed by atoms with E-state index in [0.29, 0.717) is 11.8 Å². The van der Waals surface area contributed by atoms with Gasteiger partial charge in [0, 0.05) is 18.8 Å². The first-order valence-corrected chi connectivity index (χ1v) is 7.21. The summed E-state index contributed by atoms with van der Waals surface area (Å²) >= 11 is 0. The van der Waals surface area contributed by atoms with E-state index in [-0.39, 0.29) is 0 Å². The largest absolute Gasteiger partial charge is 0.341 e. The zero-order valence-electron chi connectivity index (χ0n) is 12.2. The molecule has 1 aliphatic heterocycles. The Morgan fingerprint density at radius 2 is 1.81 bits per heavy atom. The summed E-state index contributed by atoms with van der Waals surface area (Å²) in [6.45, 7) is 7.86. The van der Waals surface area contributed by atoms with Gasteiger partial charge in [0.05, 0.1) is 0 Å². The molecule has 21 heavy (non-hydrogen) atoms. The van der Waals surface area contributed by atoms with E-state index >= 15 is 0 Å². The molecule has 5 heteroatoms. The van der Waals surface area contributed by atoms with Gasteiger partial charge in [0.1, 0.15) is 0 Å². The Hall–Kier alpha value is -2.43. The quantitative estimate of drug-likeness (QED) is 0.932. The highest BCUT2D eigenvalue weighted by Gasteiger charge is 2.17. The lowest BCUT2D eigenvalue weighted by atomic mass is 10.3. The average molecular weight is 281 g/mol. The summed E-state index contributed by atoms with van der Waals surface area (Å²) in [6.07, 6.45) is 2.38. The summed E-state index contributed by atoms with van der Waals surface area (Å²) in [4.78, 5) is 15.7. The number of anilines is 3. The molecule has 0 bridgehead atoms. The van der Waals surface area contributed by atoms with E-state index in [1.807, 2.05) is 37.3 Å². The molecule has 1 fully saturated rings. The summed E-state index contributed by atoms with van der Waals surface area (Å²) < 4.78 is 0. The van der Waals surface area contributed by atoms with Gasteiger partial charge in [-0.05, 0) is 37.5 Å². The van der Waals surface area contributed by atoms with Crippen LogP contribution in [-0.4, -0.2) is 28.0 Å². The molecule has 1 aromatic carbocycles. The highest BCUT2D eigenvalue weighted by molar-refractivity contribution is 5.60. The monoisotopic (exact) mass is 281 g/mol. The minimum absolute atomic E-state index is 0.566. The number of aromatic nitrogens is 3. The van der Waals surface area contributed by atoms with Gasteiger partial charge in [-0.25, -0.2) is 0 Å². The lowest BCUT2D eigenvalue weighted by Crippen LogP contribution is -2.22. The van der Waals surface area contributed by atoms with Crippen molar-refractivity contribution in [1.82, 2.24) is 15.0 Å². The molecule has 1 N–H and O–H groups in total. The number of benzene rings is 1. The second kappa shape index (κ2) is 5.91. The second-order valence-electron chi connectivity index (χ2n) is 5.25. The Kier molecular flexibility index (Phi) is 3.81. The molecule has 5 nitrogen and oxygen atoms in total. The summed E-state index contributed by atoms with van der Waals surface area (Å²) in [7, 11) is 0. The number of rotatable bonds is 4. The van der Waals surface area contributed by atoms with Crippen LogP contribution in [0.15, 0.2) is 36.9 Å². The summed E-state index contributed by atoms with van der Waals surface area (Å²) in [5, 5.41) is 3.23. The smallest absolute Gasteiger partial charge is 0.232 e. The Morgan fingerprint density at radius 1 is 1.10 bits per heavy atom. The maximum Gasteiger partial charge on any atom is 0.232 e. The van der Waals surface area contributed by atoms with Crippen LogP contribution < -0.4 is 10.2 Å². The van der Waals surface area contributed by atoms with Crippen molar-refractivity contribution in [3.63, 3.8) is 0 Å². The van der Waals surface area contributed by atoms with Crippen LogP contribution in [0.4, 0.5) is 17.6 Å². The molecular weight excluding hydrogens is 262 g/mol. The summed E-state index contributed by atoms with van der Waals surface area (Å²) in [5.74, 6) is 1.94. The minimum Gasteiger partial charge on any atom is -0.341 e. The fraction of sp³-hybridized carbons (Fsp3) is 0.312. The van der Waals surface area contributed by atoms with Crippen LogP contribution in [0.2, 0.25) is 0 Å². The number of hydrogen-bond donors (Lipinski definition) is 1. The predicted octanol–water partition coefficient (Wildman–Crippen LogP) is 3.25. The van der Waals surface area contributed by atoms with Gasteiger partial charge in [0.2, 0.25) is 11.9 Å². The van der Waals surface area contributed by atoms with Crippen molar-refractivity contribution in [3.8, 4) is 0 Å². The van der Waals surface area contributed by atoms with Crippen LogP contribution in [0.25, 0.3) is 5.57 Å². The van der Waals surface area contributed by atoms with Crippen LogP contribution in [0.5, 0.6) is 0 Å². The Balaban J connectivity index is 1.93. The van der Waals surface area contributed by atoms with Gasteiger partial charge in [-0.15, -0.1) is 0 Å². The first kappa shape index (κ1) is 13.5. The van der Waals surface area contributed by atoms with Gasteiger partial charge in [-0.1, -0.05) is 24.8 Å². The molecule has 1 saturated heterocycles. The lowest BCUT2D eigenvalue weighted by Gasteiger charge is -2.17. The number of nitrogens with one attached hydrogen (secondary N) is 1. The van der Waals surface area contributed by atoms with Crippen molar-refractivity contribution < 1.29 is 0 Å². The van der Waals surface area contributed by atoms with E-state index in [9.17, 15) is 0 Å². The number of allylic oxidation sites excluding steroid dienone is 1. The van der Waals surface area contributed by atoms with Gasteiger partial charge >= 0.3 is 0 Å². The zero-order valence-corrected chi connectivity index (χ0v) is 12.2. The Morgan fingerprint density at radius 3 is 2.48 bits per heavy atom. The first-order chi connectivity index (χ1) is 10.2. The third kappa shape index (κ3) is 3.18. The molecule has 0 radical (unpaired) electrons. The molecule has 2 heterocycles. The standard InChI is InChI=1S/C16H19N5/c1-12(2)14-18-15(17-13-8-4-3-5-9-13)20-16(19-14)21-10-6-7-11-21/h3-5,8-9H,1,6-7,10-11H2,2H3,(H,17,18,19,20). The van der Waals surface area contributed by atoms with E-state index in [2.05, 4.69) is 31.7 Å². The molecule has 0 aliphatic carbocycles. The molecule has 3 rings (SSSR count). The molecule has 0 saturated carbocycles. The van der Waals surface area contributed by atoms with Gasteiger partial charge in [0.15, 0.2) is 5.82 Å². The zero-order chi connectivity index (χ0) is 14.7. The van der Waals surface area contributed by atoms with Crippen molar-refractivity contribution in [1.29, 1.82) is 0 Å². The van der Waals surface area contributed by atoms with Gasteiger partial charge in [-0.3, -0.25) is 0 Å². The lowest BCUT2D eigenvalue weighted by molar-refractivity contribution is 0.875. The average Bonchev–Trinajstić information content (AvgIpc) is 3.02. The Bertz CT molecular complexity index is 632. The molecule has 0 amide bonds. The number of nitrogens with zero attached hydrogens (tertiary/aromatic N) is 4. The fourth-order valence-corrected chi connectivity index (χ4v) is 2.32. The van der Waals surface area contributed by atoms with Crippen molar-refractivity contribution in [2.45, 2.75) is 19.8 Å². The summed E-state index contributed by atoms with van der Waals surface area (Å²) in [5.41, 5.74) is 1.80. The molecule has 1 aromatic heterocycles. The van der Waals surface area contributed by atoms with E-state index in [1.54, 1.807) is 0 Å². The summed E-state index contributed by atoms with van der Waals surface area (Å²) in [6, 6.07) is 9.90. The third-order valence-electron chi connectivity index (χ3n) is 3.42. The van der Waals surface area contributed by atoms with Gasteiger partial charge < -0.3 is 10.2 Å². The van der Waals surface area contributed by atoms with Crippen LogP contribution in [-0.2, 0) is 0 Å². The van der Waals surface area contributed by atoms with E-state index in [4.69, 9.17) is 0 Å². The van der Waals surface area contributed by atoms with E-state index in [0.717, 1.165) is 30.3 Å². The van der Waals surface area contributed by atoms with Crippen molar-refractivity contribution >= 4 is 23.2 Å². The fourth-order valence-electron chi connectivity index (χ4n) is 2.32. The van der Waals surface area contributed by atoms with Gasteiger partial charge in [0.25, 0.3) is 0 Å². The Labute approximate surface area is 124 Å². The van der Waals surface area contributed by atoms with Crippen molar-refractivity contribution in [2.75, 3.05) is 23.3 Å².